The highest BCUT2D eigenvalue weighted by atomic mass is 16.2. The van der Waals surface area contributed by atoms with Crippen LogP contribution in [0.15, 0.2) is 31.0 Å². The van der Waals surface area contributed by atoms with E-state index in [1.807, 2.05) is 27.7 Å². The van der Waals surface area contributed by atoms with Crippen LogP contribution in [0.25, 0.3) is 0 Å². The molecule has 5 heteroatoms. The fourth-order valence-electron chi connectivity index (χ4n) is 1.52. The molecule has 5 nitrogen and oxygen atoms in total. The number of hydrogen-bond acceptors (Lipinski definition) is 5. The van der Waals surface area contributed by atoms with Gasteiger partial charge < -0.3 is 15.6 Å². The number of rotatable bonds is 4. The molecule has 0 aromatic heterocycles. The molecule has 0 unspecified atom stereocenters. The first-order valence-electron chi connectivity index (χ1n) is 9.16. The lowest BCUT2D eigenvalue weighted by Gasteiger charge is -2.00. The number of carbonyl (C=O) groups is 1. The number of carbonyl (C=O) groups excluding carboxylic acids is 1. The van der Waals surface area contributed by atoms with Crippen LogP contribution in [0.5, 0.6) is 0 Å². The molecular weight excluding hydrogens is 326 g/mol. The monoisotopic (exact) mass is 371 g/mol. The highest BCUT2D eigenvalue weighted by Gasteiger charge is 1.91. The average molecular weight is 372 g/mol. The lowest BCUT2D eigenvalue weighted by Crippen LogP contribution is -2.27. The Bertz CT molecular complexity index is 335. The van der Waals surface area contributed by atoms with Gasteiger partial charge in [0, 0.05) is 13.2 Å². The van der Waals surface area contributed by atoms with Crippen molar-refractivity contribution < 1.29 is 9.90 Å². The molecule has 1 aromatic carbocycles. The third-order valence-corrected chi connectivity index (χ3v) is 2.24. The number of aryl methyl sites for hydroxylation is 3. The summed E-state index contributed by atoms with van der Waals surface area (Å²) in [4.78, 5) is 8.00. The van der Waals surface area contributed by atoms with Gasteiger partial charge in [0.2, 0.25) is 0 Å². The van der Waals surface area contributed by atoms with Crippen LogP contribution in [0.3, 0.4) is 0 Å². The molecule has 0 aliphatic rings. The first-order valence-corrected chi connectivity index (χ1v) is 9.16. The van der Waals surface area contributed by atoms with Gasteiger partial charge in [0.15, 0.2) is 0 Å². The third-order valence-electron chi connectivity index (χ3n) is 2.24. The van der Waals surface area contributed by atoms with E-state index in [9.17, 15) is 0 Å². The van der Waals surface area contributed by atoms with Crippen molar-refractivity contribution in [3.8, 4) is 0 Å². The minimum atomic E-state index is 0.250. The zero-order chi connectivity index (χ0) is 21.8. The van der Waals surface area contributed by atoms with E-state index in [2.05, 4.69) is 69.1 Å². The van der Waals surface area contributed by atoms with E-state index in [0.29, 0.717) is 0 Å². The lowest BCUT2D eigenvalue weighted by atomic mass is 10.1. The van der Waals surface area contributed by atoms with Gasteiger partial charge in [-0.15, -0.1) is 0 Å². The number of benzene rings is 1. The number of nitrogens with one attached hydrogen (secondary N) is 2. The number of hydrazine groups is 1. The molecule has 1 aromatic rings. The van der Waals surface area contributed by atoms with Crippen molar-refractivity contribution >= 4 is 6.79 Å². The minimum Gasteiger partial charge on any atom is -0.405 e. The molecule has 0 atom stereocenters. The number of aliphatic hydroxyl groups excluding tert-OH is 1. The highest BCUT2D eigenvalue weighted by Crippen LogP contribution is 2.08. The van der Waals surface area contributed by atoms with Crippen molar-refractivity contribution in [2.24, 2.45) is 5.73 Å². The first kappa shape index (κ1) is 35.4. The second-order valence-corrected chi connectivity index (χ2v) is 4.58. The van der Waals surface area contributed by atoms with Crippen molar-refractivity contribution in [2.75, 3.05) is 20.2 Å². The molecular formula is C21H45N3O2. The summed E-state index contributed by atoms with van der Waals surface area (Å²) in [7, 11) is 1.87. The van der Waals surface area contributed by atoms with Crippen molar-refractivity contribution in [3.05, 3.63) is 47.7 Å². The van der Waals surface area contributed by atoms with Crippen molar-refractivity contribution in [1.29, 1.82) is 0 Å². The number of aliphatic hydroxyl groups is 1. The first-order chi connectivity index (χ1) is 12.5. The van der Waals surface area contributed by atoms with Crippen LogP contribution in [-0.2, 0) is 11.2 Å². The van der Waals surface area contributed by atoms with Gasteiger partial charge in [-0.1, -0.05) is 63.6 Å². The molecule has 0 fully saturated rings. The van der Waals surface area contributed by atoms with Gasteiger partial charge in [0.1, 0.15) is 6.79 Å². The van der Waals surface area contributed by atoms with E-state index in [-0.39, 0.29) is 6.61 Å². The van der Waals surface area contributed by atoms with Crippen LogP contribution < -0.4 is 16.6 Å². The Morgan fingerprint density at radius 1 is 1.08 bits per heavy atom. The smallest absolute Gasteiger partial charge is 0.106 e. The molecule has 0 heterocycles. The Labute approximate surface area is 163 Å². The van der Waals surface area contributed by atoms with Gasteiger partial charge in [-0.3, -0.25) is 10.9 Å². The van der Waals surface area contributed by atoms with E-state index < -0.39 is 0 Å². The quantitative estimate of drug-likeness (QED) is 0.476. The second kappa shape index (κ2) is 38.7. The molecule has 5 N–H and O–H groups in total. The number of nitrogens with two attached hydrogens (primary N) is 1. The molecule has 0 saturated heterocycles. The fourth-order valence-corrected chi connectivity index (χ4v) is 1.52. The fraction of sp³-hybridized carbons (Fsp3) is 0.571. The Balaban J connectivity index is -0.0000000793. The molecule has 156 valence electrons. The molecule has 0 aliphatic carbocycles. The van der Waals surface area contributed by atoms with Gasteiger partial charge >= 0.3 is 0 Å². The van der Waals surface area contributed by atoms with Crippen molar-refractivity contribution in [3.63, 3.8) is 0 Å². The predicted molar refractivity (Wildman–Crippen MR) is 118 cm³/mol. The maximum atomic E-state index is 8.00. The minimum absolute atomic E-state index is 0.250. The third kappa shape index (κ3) is 43.2. The largest absolute Gasteiger partial charge is 0.405 e. The molecule has 0 radical (unpaired) electrons. The molecule has 0 spiro atoms. The SMILES string of the molecule is C=CN.C=O.CC.CCCNNC.CCO.CCc1cc(C)cc(C)c1. The van der Waals surface area contributed by atoms with Crippen LogP contribution in [0.1, 0.15) is 57.7 Å². The van der Waals surface area contributed by atoms with Crippen LogP contribution >= 0.6 is 0 Å². The van der Waals surface area contributed by atoms with Gasteiger partial charge in [0.05, 0.1) is 0 Å². The van der Waals surface area contributed by atoms with Gasteiger partial charge in [-0.2, -0.15) is 0 Å². The lowest BCUT2D eigenvalue weighted by molar-refractivity contribution is -0.0979. The van der Waals surface area contributed by atoms with Crippen LogP contribution in [0, 0.1) is 13.8 Å². The second-order valence-electron chi connectivity index (χ2n) is 4.58. The molecule has 1 rings (SSSR count). The molecule has 26 heavy (non-hydrogen) atoms. The van der Waals surface area contributed by atoms with E-state index in [1.165, 1.54) is 29.3 Å². The van der Waals surface area contributed by atoms with E-state index in [4.69, 9.17) is 9.90 Å². The molecule has 0 amide bonds. The average Bonchev–Trinajstić information content (AvgIpc) is 2.64. The molecule has 0 bridgehead atoms. The molecule has 0 aliphatic heterocycles. The van der Waals surface area contributed by atoms with Gasteiger partial charge in [-0.25, -0.2) is 0 Å². The summed E-state index contributed by atoms with van der Waals surface area (Å²) in [6.45, 7) is 20.7. The van der Waals surface area contributed by atoms with E-state index in [1.54, 1.807) is 6.92 Å². The standard InChI is InChI=1S/C10H14.C4H12N2.C2H5N.C2H6O.C2H6.CH2O/c1-4-10-6-8(2)5-9(3)7-10;1-3-4-6-5-2;2*1-2-3;2*1-2/h5-7H,4H2,1-3H3;5-6H,3-4H2,1-2H3;2H,1,3H2;3H,2H2,1H3;1-2H3;1H2. The Morgan fingerprint density at radius 3 is 1.62 bits per heavy atom. The Hall–Kier alpha value is -1.69. The molecule has 0 saturated carbocycles. The van der Waals surface area contributed by atoms with Gasteiger partial charge in [-0.05, 0) is 52.4 Å². The van der Waals surface area contributed by atoms with Crippen LogP contribution in [-0.4, -0.2) is 32.1 Å². The zero-order valence-electron chi connectivity index (χ0n) is 18.5. The van der Waals surface area contributed by atoms with E-state index >= 15 is 0 Å². The summed E-state index contributed by atoms with van der Waals surface area (Å²) in [5, 5.41) is 7.57. The zero-order valence-corrected chi connectivity index (χ0v) is 18.5. The summed E-state index contributed by atoms with van der Waals surface area (Å²) >= 11 is 0. The van der Waals surface area contributed by atoms with Gasteiger partial charge in [0.25, 0.3) is 0 Å². The van der Waals surface area contributed by atoms with Crippen molar-refractivity contribution in [1.82, 2.24) is 10.9 Å². The highest BCUT2D eigenvalue weighted by molar-refractivity contribution is 5.28. The van der Waals surface area contributed by atoms with Crippen LogP contribution in [0.2, 0.25) is 0 Å². The summed E-state index contributed by atoms with van der Waals surface area (Å²) in [5.41, 5.74) is 14.6. The van der Waals surface area contributed by atoms with E-state index in [0.717, 1.165) is 13.0 Å². The van der Waals surface area contributed by atoms with Crippen LogP contribution in [0.4, 0.5) is 0 Å². The maximum absolute atomic E-state index is 8.00. The predicted octanol–water partition coefficient (Wildman–Crippen LogP) is 3.91. The normalized spacial score (nSPS) is 7.42. The summed E-state index contributed by atoms with van der Waals surface area (Å²) in [5.74, 6) is 0. The summed E-state index contributed by atoms with van der Waals surface area (Å²) in [6, 6.07) is 6.69. The maximum Gasteiger partial charge on any atom is 0.106 e. The Morgan fingerprint density at radius 2 is 1.42 bits per heavy atom. The summed E-state index contributed by atoms with van der Waals surface area (Å²) in [6.07, 6.45) is 3.57. The summed E-state index contributed by atoms with van der Waals surface area (Å²) < 4.78 is 0. The Kier molecular flexibility index (Phi) is 52.8. The number of hydrogen-bond donors (Lipinski definition) is 4. The van der Waals surface area contributed by atoms with Crippen molar-refractivity contribution in [2.45, 2.75) is 61.3 Å². The topological polar surface area (TPSA) is 87.4 Å².